The Labute approximate surface area is 177 Å². The second kappa shape index (κ2) is 8.38. The van der Waals surface area contributed by atoms with Crippen molar-refractivity contribution in [1.82, 2.24) is 15.1 Å². The largest absolute Gasteiger partial charge is 0.368 e. The predicted molar refractivity (Wildman–Crippen MR) is 114 cm³/mol. The van der Waals surface area contributed by atoms with Gasteiger partial charge in [0.1, 0.15) is 11.8 Å². The molecule has 0 spiro atoms. The Bertz CT molecular complexity index is 1090. The average Bonchev–Trinajstić information content (AvgIpc) is 3.41. The van der Waals surface area contributed by atoms with E-state index in [0.717, 1.165) is 11.3 Å². The van der Waals surface area contributed by atoms with Gasteiger partial charge in [-0.1, -0.05) is 29.8 Å². The van der Waals surface area contributed by atoms with E-state index >= 15 is 0 Å². The highest BCUT2D eigenvalue weighted by Gasteiger charge is 2.34. The maximum atomic E-state index is 12.6. The number of nitrogens with two attached hydrogens (primary N) is 1. The van der Waals surface area contributed by atoms with Crippen LogP contribution >= 0.6 is 11.6 Å². The Kier molecular flexibility index (Phi) is 5.49. The molecule has 0 fully saturated rings. The molecule has 1 unspecified atom stereocenters. The van der Waals surface area contributed by atoms with Crippen molar-refractivity contribution in [3.05, 3.63) is 77.6 Å². The Morgan fingerprint density at radius 3 is 2.53 bits per heavy atom. The zero-order valence-electron chi connectivity index (χ0n) is 15.9. The summed E-state index contributed by atoms with van der Waals surface area (Å²) >= 11 is 5.91. The molecule has 3 N–H and O–H groups in total. The molecule has 1 atom stereocenters. The molecule has 152 valence electrons. The summed E-state index contributed by atoms with van der Waals surface area (Å²) in [5, 5.41) is 13.6. The molecule has 1 aromatic heterocycles. The van der Waals surface area contributed by atoms with Crippen molar-refractivity contribution >= 4 is 34.8 Å². The number of nitrogens with one attached hydrogen (secondary N) is 1. The van der Waals surface area contributed by atoms with E-state index in [2.05, 4.69) is 15.5 Å². The third-order valence-electron chi connectivity index (χ3n) is 4.70. The van der Waals surface area contributed by atoms with Gasteiger partial charge in [0.05, 0.1) is 17.6 Å². The molecular formula is C21H19ClN6O2. The minimum Gasteiger partial charge on any atom is -0.368 e. The zero-order valence-corrected chi connectivity index (χ0v) is 16.7. The number of benzene rings is 2. The molecule has 0 radical (unpaired) electrons. The van der Waals surface area contributed by atoms with E-state index in [4.69, 9.17) is 17.3 Å². The van der Waals surface area contributed by atoms with Crippen molar-refractivity contribution in [3.8, 4) is 5.69 Å². The lowest BCUT2D eigenvalue weighted by molar-refractivity contribution is -0.119. The lowest BCUT2D eigenvalue weighted by Gasteiger charge is -2.20. The van der Waals surface area contributed by atoms with Crippen molar-refractivity contribution < 1.29 is 9.59 Å². The topological polar surface area (TPSA) is 106 Å². The van der Waals surface area contributed by atoms with Crippen molar-refractivity contribution in [2.75, 3.05) is 5.01 Å². The van der Waals surface area contributed by atoms with Crippen LogP contribution in [-0.4, -0.2) is 33.3 Å². The summed E-state index contributed by atoms with van der Waals surface area (Å²) in [5.41, 5.74) is 8.16. The lowest BCUT2D eigenvalue weighted by Crippen LogP contribution is -2.39. The second-order valence-corrected chi connectivity index (χ2v) is 7.24. The number of carbonyl (C=O) groups excluding carboxylic acids is 2. The first-order valence-corrected chi connectivity index (χ1v) is 9.68. The number of primary amides is 1. The molecule has 2 aromatic carbocycles. The van der Waals surface area contributed by atoms with Gasteiger partial charge >= 0.3 is 0 Å². The van der Waals surface area contributed by atoms with Gasteiger partial charge in [0, 0.05) is 29.7 Å². The Balaban J connectivity index is 1.43. The van der Waals surface area contributed by atoms with Crippen LogP contribution in [0.1, 0.15) is 12.0 Å². The standard InChI is InChI=1S/C21H19ClN6O2/c22-15-6-8-16(9-7-15)27-13-14(12-25-27)11-24-21(30)18-10-19(20(23)29)28(26-18)17-4-2-1-3-5-17/h1-9,12-13,19H,10-11H2,(H2,23,29)(H,24,30). The van der Waals surface area contributed by atoms with Crippen LogP contribution in [0.2, 0.25) is 5.02 Å². The van der Waals surface area contributed by atoms with Gasteiger partial charge in [-0.3, -0.25) is 14.6 Å². The third-order valence-corrected chi connectivity index (χ3v) is 4.95. The van der Waals surface area contributed by atoms with Gasteiger partial charge in [0.25, 0.3) is 5.91 Å². The maximum Gasteiger partial charge on any atom is 0.267 e. The highest BCUT2D eigenvalue weighted by molar-refractivity contribution is 6.40. The first-order chi connectivity index (χ1) is 14.5. The molecule has 1 aliphatic rings. The molecule has 30 heavy (non-hydrogen) atoms. The van der Waals surface area contributed by atoms with Crippen LogP contribution in [0.3, 0.4) is 0 Å². The molecule has 1 aliphatic heterocycles. The number of hydrazone groups is 1. The van der Waals surface area contributed by atoms with Gasteiger partial charge in [-0.15, -0.1) is 0 Å². The smallest absolute Gasteiger partial charge is 0.267 e. The Morgan fingerprint density at radius 1 is 1.10 bits per heavy atom. The van der Waals surface area contributed by atoms with Gasteiger partial charge in [-0.05, 0) is 36.4 Å². The molecule has 3 aromatic rings. The maximum absolute atomic E-state index is 12.6. The number of hydrogen-bond acceptors (Lipinski definition) is 5. The summed E-state index contributed by atoms with van der Waals surface area (Å²) in [6.07, 6.45) is 3.65. The van der Waals surface area contributed by atoms with Crippen LogP contribution in [0.15, 0.2) is 72.1 Å². The lowest BCUT2D eigenvalue weighted by atomic mass is 10.1. The first kappa shape index (κ1) is 19.7. The fourth-order valence-corrected chi connectivity index (χ4v) is 3.28. The van der Waals surface area contributed by atoms with Crippen molar-refractivity contribution in [3.63, 3.8) is 0 Å². The van der Waals surface area contributed by atoms with Crippen LogP contribution in [-0.2, 0) is 16.1 Å². The van der Waals surface area contributed by atoms with Gasteiger partial charge in [0.15, 0.2) is 0 Å². The number of anilines is 1. The summed E-state index contributed by atoms with van der Waals surface area (Å²) in [5.74, 6) is -0.881. The Hall–Kier alpha value is -3.65. The molecule has 8 nitrogen and oxygen atoms in total. The molecule has 0 aliphatic carbocycles. The number of carbonyl (C=O) groups is 2. The van der Waals surface area contributed by atoms with Gasteiger partial charge < -0.3 is 11.1 Å². The summed E-state index contributed by atoms with van der Waals surface area (Å²) in [7, 11) is 0. The highest BCUT2D eigenvalue weighted by Crippen LogP contribution is 2.24. The van der Waals surface area contributed by atoms with Crippen molar-refractivity contribution in [1.29, 1.82) is 0 Å². The summed E-state index contributed by atoms with van der Waals surface area (Å²) < 4.78 is 1.70. The number of halogens is 1. The molecule has 2 heterocycles. The number of amides is 2. The third kappa shape index (κ3) is 4.18. The van der Waals surface area contributed by atoms with Crippen LogP contribution < -0.4 is 16.1 Å². The first-order valence-electron chi connectivity index (χ1n) is 9.30. The van der Waals surface area contributed by atoms with E-state index in [1.54, 1.807) is 23.0 Å². The molecule has 0 bridgehead atoms. The normalized spacial score (nSPS) is 15.7. The van der Waals surface area contributed by atoms with E-state index in [1.165, 1.54) is 5.01 Å². The van der Waals surface area contributed by atoms with E-state index in [1.807, 2.05) is 48.7 Å². The quantitative estimate of drug-likeness (QED) is 0.635. The fraction of sp³-hybridized carbons (Fsp3) is 0.143. The summed E-state index contributed by atoms with van der Waals surface area (Å²) in [6.45, 7) is 0.276. The minimum absolute atomic E-state index is 0.153. The number of aromatic nitrogens is 2. The van der Waals surface area contributed by atoms with Gasteiger partial charge in [0.2, 0.25) is 5.91 Å². The molecular weight excluding hydrogens is 404 g/mol. The van der Waals surface area contributed by atoms with E-state index in [0.29, 0.717) is 10.7 Å². The van der Waals surface area contributed by atoms with Gasteiger partial charge in [-0.25, -0.2) is 4.68 Å². The SMILES string of the molecule is NC(=O)C1CC(C(=O)NCc2cnn(-c3ccc(Cl)cc3)c2)=NN1c1ccccc1. The fourth-order valence-electron chi connectivity index (χ4n) is 3.16. The van der Waals surface area contributed by atoms with Crippen LogP contribution in [0, 0.1) is 0 Å². The molecule has 2 amide bonds. The van der Waals surface area contributed by atoms with Crippen molar-refractivity contribution in [2.45, 2.75) is 19.0 Å². The molecule has 4 rings (SSSR count). The van der Waals surface area contributed by atoms with Crippen LogP contribution in [0.4, 0.5) is 5.69 Å². The molecule has 9 heteroatoms. The number of nitrogens with zero attached hydrogens (tertiary/aromatic N) is 4. The van der Waals surface area contributed by atoms with Gasteiger partial charge in [-0.2, -0.15) is 10.2 Å². The number of rotatable bonds is 6. The zero-order chi connectivity index (χ0) is 21.1. The second-order valence-electron chi connectivity index (χ2n) is 6.80. The summed E-state index contributed by atoms with van der Waals surface area (Å²) in [4.78, 5) is 24.5. The van der Waals surface area contributed by atoms with Crippen LogP contribution in [0.25, 0.3) is 5.69 Å². The van der Waals surface area contributed by atoms with E-state index in [-0.39, 0.29) is 24.6 Å². The summed E-state index contributed by atoms with van der Waals surface area (Å²) in [6, 6.07) is 15.7. The van der Waals surface area contributed by atoms with E-state index < -0.39 is 11.9 Å². The monoisotopic (exact) mass is 422 g/mol. The average molecular weight is 423 g/mol. The Morgan fingerprint density at radius 2 is 1.83 bits per heavy atom. The highest BCUT2D eigenvalue weighted by atomic mass is 35.5. The molecule has 0 saturated heterocycles. The minimum atomic E-state index is -0.694. The molecule has 0 saturated carbocycles. The number of hydrogen-bond donors (Lipinski definition) is 2. The number of para-hydroxylation sites is 1. The van der Waals surface area contributed by atoms with Crippen LogP contribution in [0.5, 0.6) is 0 Å². The van der Waals surface area contributed by atoms with Crippen molar-refractivity contribution in [2.24, 2.45) is 10.8 Å². The predicted octanol–water partition coefficient (Wildman–Crippen LogP) is 2.26. The van der Waals surface area contributed by atoms with E-state index in [9.17, 15) is 9.59 Å².